The lowest BCUT2D eigenvalue weighted by atomic mass is 9.92. The average molecular weight is 599 g/mol. The van der Waals surface area contributed by atoms with Gasteiger partial charge in [-0.2, -0.15) is 5.10 Å². The second-order valence-corrected chi connectivity index (χ2v) is 12.5. The van der Waals surface area contributed by atoms with Crippen LogP contribution in [0.25, 0.3) is 11.3 Å². The Morgan fingerprint density at radius 2 is 1.82 bits per heavy atom. The normalized spacial score (nSPS) is 14.5. The van der Waals surface area contributed by atoms with Gasteiger partial charge < -0.3 is 9.47 Å². The molecular formula is C37H50N4O3. The van der Waals surface area contributed by atoms with Crippen LogP contribution in [0.4, 0.5) is 5.69 Å². The molecule has 44 heavy (non-hydrogen) atoms. The first-order valence-electron chi connectivity index (χ1n) is 16.1. The Balaban J connectivity index is 1.70. The van der Waals surface area contributed by atoms with Gasteiger partial charge in [-0.05, 0) is 112 Å². The topological polar surface area (TPSA) is 76.1 Å². The van der Waals surface area contributed by atoms with Crippen molar-refractivity contribution in [2.45, 2.75) is 93.2 Å². The lowest BCUT2D eigenvalue weighted by molar-refractivity contribution is -0.149. The molecule has 0 amide bonds. The Hall–Kier alpha value is -3.71. The fourth-order valence-electron chi connectivity index (χ4n) is 5.84. The Morgan fingerprint density at radius 3 is 2.48 bits per heavy atom. The number of hydrazone groups is 1. The first kappa shape index (κ1) is 33.2. The van der Waals surface area contributed by atoms with Crippen LogP contribution in [0.15, 0.2) is 47.6 Å². The number of pyridine rings is 1. The summed E-state index contributed by atoms with van der Waals surface area (Å²) in [6.45, 7) is 20.1. The van der Waals surface area contributed by atoms with E-state index in [0.717, 1.165) is 72.0 Å². The van der Waals surface area contributed by atoms with Crippen molar-refractivity contribution in [2.75, 3.05) is 25.1 Å². The zero-order chi connectivity index (χ0) is 31.8. The van der Waals surface area contributed by atoms with Crippen molar-refractivity contribution in [1.29, 1.82) is 0 Å². The molecule has 0 saturated carbocycles. The molecule has 1 fully saturated rings. The number of esters is 1. The molecule has 3 aromatic rings. The van der Waals surface area contributed by atoms with Crippen molar-refractivity contribution in [3.8, 4) is 17.0 Å². The predicted molar refractivity (Wildman–Crippen MR) is 181 cm³/mol. The Bertz CT molecular complexity index is 1460. The number of carbonyl (C=O) groups is 1. The number of carbonyl (C=O) groups excluding carboxylic acids is 1. The minimum absolute atomic E-state index is 0.0189. The smallest absolute Gasteiger partial charge is 0.309 e. The zero-order valence-electron chi connectivity index (χ0n) is 27.9. The molecule has 0 bridgehead atoms. The maximum absolute atomic E-state index is 12.4. The third-order valence-electron chi connectivity index (χ3n) is 8.55. The van der Waals surface area contributed by atoms with Crippen LogP contribution in [0, 0.1) is 19.8 Å². The Kier molecular flexibility index (Phi) is 11.6. The van der Waals surface area contributed by atoms with Crippen molar-refractivity contribution in [3.63, 3.8) is 0 Å². The first-order valence-corrected chi connectivity index (χ1v) is 16.1. The van der Waals surface area contributed by atoms with Crippen LogP contribution in [-0.2, 0) is 22.7 Å². The van der Waals surface area contributed by atoms with Gasteiger partial charge in [0.1, 0.15) is 12.4 Å². The number of aryl methyl sites for hydroxylation is 2. The molecule has 1 saturated heterocycles. The number of aromatic nitrogens is 1. The molecule has 7 nitrogen and oxygen atoms in total. The predicted octanol–water partition coefficient (Wildman–Crippen LogP) is 8.38. The molecule has 1 N–H and O–H groups in total. The molecule has 0 aliphatic carbocycles. The number of likely N-dealkylation sites (tertiary alicyclic amines) is 1. The fraction of sp³-hybridized carbons (Fsp3) is 0.486. The summed E-state index contributed by atoms with van der Waals surface area (Å²) in [6.07, 6.45) is 3.37. The van der Waals surface area contributed by atoms with Crippen molar-refractivity contribution in [3.05, 3.63) is 76.0 Å². The van der Waals surface area contributed by atoms with Gasteiger partial charge in [0.15, 0.2) is 0 Å². The number of ether oxygens (including phenoxy) is 2. The van der Waals surface area contributed by atoms with Gasteiger partial charge in [0.05, 0.1) is 23.9 Å². The van der Waals surface area contributed by atoms with Crippen molar-refractivity contribution in [2.24, 2.45) is 11.0 Å². The number of nitrogens with one attached hydrogen (secondary N) is 1. The number of hydrogen-bond acceptors (Lipinski definition) is 7. The summed E-state index contributed by atoms with van der Waals surface area (Å²) in [5.41, 5.74) is 13.0. The monoisotopic (exact) mass is 598 g/mol. The van der Waals surface area contributed by atoms with Crippen molar-refractivity contribution < 1.29 is 14.3 Å². The van der Waals surface area contributed by atoms with E-state index < -0.39 is 0 Å². The largest absolute Gasteiger partial charge is 0.489 e. The van der Waals surface area contributed by atoms with E-state index in [0.29, 0.717) is 25.0 Å². The molecule has 0 unspecified atom stereocenters. The van der Waals surface area contributed by atoms with Crippen LogP contribution in [-0.4, -0.2) is 41.8 Å². The highest BCUT2D eigenvalue weighted by molar-refractivity contribution is 5.73. The van der Waals surface area contributed by atoms with Crippen LogP contribution in [0.3, 0.4) is 0 Å². The van der Waals surface area contributed by atoms with Gasteiger partial charge in [0.2, 0.25) is 0 Å². The molecule has 0 spiro atoms. The van der Waals surface area contributed by atoms with E-state index >= 15 is 0 Å². The van der Waals surface area contributed by atoms with Gasteiger partial charge in [-0.3, -0.25) is 20.1 Å². The van der Waals surface area contributed by atoms with E-state index in [2.05, 4.69) is 99.4 Å². The number of anilines is 1. The summed E-state index contributed by atoms with van der Waals surface area (Å²) < 4.78 is 11.8. The van der Waals surface area contributed by atoms with Crippen LogP contribution >= 0.6 is 0 Å². The van der Waals surface area contributed by atoms with E-state index in [-0.39, 0.29) is 11.9 Å². The highest BCUT2D eigenvalue weighted by atomic mass is 16.5. The standard InChI is InChI=1S/C37H50N4O3/c1-9-38-40-31-13-14-32(25(5)6)33(21-31)35-19-30(22-41-17-15-28(16-18-41)37(42)43-10-2)34(27(8)39-35)23-44-36-20-29(24(3)4)12-11-26(36)7/h9,11-14,19-21,24-25,28,40H,10,15-18,22-23H2,1-8H3/b38-9-. The molecule has 4 rings (SSSR count). The molecule has 0 radical (unpaired) electrons. The molecule has 0 atom stereocenters. The molecule has 1 aromatic heterocycles. The maximum Gasteiger partial charge on any atom is 0.309 e. The number of piperidine rings is 1. The quantitative estimate of drug-likeness (QED) is 0.128. The number of hydrogen-bond donors (Lipinski definition) is 1. The van der Waals surface area contributed by atoms with Crippen LogP contribution in [0.2, 0.25) is 0 Å². The lowest BCUT2D eigenvalue weighted by Gasteiger charge is -2.31. The maximum atomic E-state index is 12.4. The lowest BCUT2D eigenvalue weighted by Crippen LogP contribution is -2.36. The number of rotatable bonds is 12. The molecule has 1 aliphatic rings. The Labute approximate surface area is 264 Å². The summed E-state index contributed by atoms with van der Waals surface area (Å²) in [7, 11) is 0. The zero-order valence-corrected chi connectivity index (χ0v) is 27.9. The molecule has 2 aromatic carbocycles. The number of benzene rings is 2. The van der Waals surface area contributed by atoms with E-state index in [4.69, 9.17) is 14.5 Å². The minimum Gasteiger partial charge on any atom is -0.489 e. The minimum atomic E-state index is -0.0654. The third-order valence-corrected chi connectivity index (χ3v) is 8.55. The highest BCUT2D eigenvalue weighted by Crippen LogP contribution is 2.34. The highest BCUT2D eigenvalue weighted by Gasteiger charge is 2.27. The number of nitrogens with zero attached hydrogens (tertiary/aromatic N) is 3. The van der Waals surface area contributed by atoms with Gasteiger partial charge in [0.25, 0.3) is 0 Å². The summed E-state index contributed by atoms with van der Waals surface area (Å²) in [6, 6.07) is 15.1. The van der Waals surface area contributed by atoms with Crippen molar-refractivity contribution >= 4 is 17.9 Å². The molecule has 7 heteroatoms. The van der Waals surface area contributed by atoms with E-state index in [1.165, 1.54) is 16.7 Å². The summed E-state index contributed by atoms with van der Waals surface area (Å²) in [4.78, 5) is 20.0. The summed E-state index contributed by atoms with van der Waals surface area (Å²) in [5, 5.41) is 4.23. The van der Waals surface area contributed by atoms with E-state index in [1.807, 2.05) is 13.8 Å². The van der Waals surface area contributed by atoms with Gasteiger partial charge in [-0.1, -0.05) is 45.9 Å². The fourth-order valence-corrected chi connectivity index (χ4v) is 5.84. The molecule has 2 heterocycles. The summed E-state index contributed by atoms with van der Waals surface area (Å²) >= 11 is 0. The van der Waals surface area contributed by atoms with Crippen LogP contribution in [0.1, 0.15) is 99.7 Å². The molecule has 1 aliphatic heterocycles. The average Bonchev–Trinajstić information content (AvgIpc) is 3.00. The second kappa shape index (κ2) is 15.3. The molecule has 236 valence electrons. The van der Waals surface area contributed by atoms with Crippen LogP contribution < -0.4 is 10.2 Å². The summed E-state index contributed by atoms with van der Waals surface area (Å²) in [5.74, 6) is 1.59. The second-order valence-electron chi connectivity index (χ2n) is 12.5. The Morgan fingerprint density at radius 1 is 1.07 bits per heavy atom. The van der Waals surface area contributed by atoms with Gasteiger partial charge in [0, 0.05) is 29.6 Å². The van der Waals surface area contributed by atoms with Gasteiger partial charge >= 0.3 is 5.97 Å². The molecular weight excluding hydrogens is 548 g/mol. The van der Waals surface area contributed by atoms with E-state index in [1.54, 1.807) is 6.21 Å². The van der Waals surface area contributed by atoms with Gasteiger partial charge in [-0.25, -0.2) is 0 Å². The van der Waals surface area contributed by atoms with Crippen molar-refractivity contribution in [1.82, 2.24) is 9.88 Å². The SMILES string of the molecule is C/C=N\Nc1ccc(C(C)C)c(-c2cc(CN3CCC(C(=O)OCC)CC3)c(COc3cc(C(C)C)ccc3C)c(C)n2)c1. The van der Waals surface area contributed by atoms with Gasteiger partial charge in [-0.15, -0.1) is 0 Å². The third kappa shape index (κ3) is 8.26. The first-order chi connectivity index (χ1) is 21.1. The van der Waals surface area contributed by atoms with E-state index in [9.17, 15) is 4.79 Å². The van der Waals surface area contributed by atoms with Crippen LogP contribution in [0.5, 0.6) is 5.75 Å².